The summed E-state index contributed by atoms with van der Waals surface area (Å²) in [5.74, 6) is 0.494. The molecule has 0 saturated heterocycles. The van der Waals surface area contributed by atoms with Crippen LogP contribution in [0.25, 0.3) is 6.08 Å². The molecule has 0 spiro atoms. The first-order valence-corrected chi connectivity index (χ1v) is 7.34. The van der Waals surface area contributed by atoms with Crippen LogP contribution in [0.1, 0.15) is 15.9 Å². The van der Waals surface area contributed by atoms with Gasteiger partial charge < -0.3 is 14.6 Å². The molecule has 2 aromatic carbocycles. The second-order valence-corrected chi connectivity index (χ2v) is 5.41. The highest BCUT2D eigenvalue weighted by Gasteiger charge is 2.14. The number of phenols is 1. The third kappa shape index (κ3) is 3.97. The van der Waals surface area contributed by atoms with Gasteiger partial charge in [0, 0.05) is 6.07 Å². The number of rotatable bonds is 5. The molecule has 0 heterocycles. The van der Waals surface area contributed by atoms with Crippen LogP contribution < -0.4 is 9.47 Å². The normalized spacial score (nSPS) is 10.8. The maximum absolute atomic E-state index is 12.4. The maximum Gasteiger partial charge on any atom is 0.189 e. The van der Waals surface area contributed by atoms with Gasteiger partial charge in [-0.25, -0.2) is 0 Å². The molecule has 0 unspecified atom stereocenters. The topological polar surface area (TPSA) is 55.8 Å². The van der Waals surface area contributed by atoms with Crippen LogP contribution in [-0.4, -0.2) is 25.1 Å². The van der Waals surface area contributed by atoms with Crippen molar-refractivity contribution >= 4 is 35.1 Å². The number of phenolic OH excluding ortho intramolecular Hbond substituents is 1. The lowest BCUT2D eigenvalue weighted by molar-refractivity contribution is 0.104. The lowest BCUT2D eigenvalue weighted by Crippen LogP contribution is -2.00. The molecule has 2 rings (SSSR count). The zero-order chi connectivity index (χ0) is 17.0. The van der Waals surface area contributed by atoms with Gasteiger partial charge in [-0.3, -0.25) is 4.79 Å². The van der Waals surface area contributed by atoms with Crippen LogP contribution in [0.5, 0.6) is 17.2 Å². The number of ether oxygens (including phenoxy) is 2. The molecule has 1 N–H and O–H groups in total. The van der Waals surface area contributed by atoms with Gasteiger partial charge in [-0.1, -0.05) is 35.3 Å². The summed E-state index contributed by atoms with van der Waals surface area (Å²) in [6.45, 7) is 0. The van der Waals surface area contributed by atoms with Crippen molar-refractivity contribution in [3.8, 4) is 17.2 Å². The Kier molecular flexibility index (Phi) is 5.53. The number of hydrogen-bond donors (Lipinski definition) is 1. The van der Waals surface area contributed by atoms with E-state index in [0.29, 0.717) is 27.6 Å². The number of allylic oxidation sites excluding steroid dienone is 1. The summed E-state index contributed by atoms with van der Waals surface area (Å²) in [6, 6.07) is 7.70. The minimum Gasteiger partial charge on any atom is -0.506 e. The summed E-state index contributed by atoms with van der Waals surface area (Å²) < 4.78 is 10.3. The van der Waals surface area contributed by atoms with Crippen LogP contribution in [-0.2, 0) is 0 Å². The average Bonchev–Trinajstić information content (AvgIpc) is 2.55. The summed E-state index contributed by atoms with van der Waals surface area (Å²) in [4.78, 5) is 12.4. The number of benzene rings is 2. The third-order valence-electron chi connectivity index (χ3n) is 3.14. The Hall–Kier alpha value is -2.17. The van der Waals surface area contributed by atoms with Gasteiger partial charge in [0.15, 0.2) is 5.78 Å². The summed E-state index contributed by atoms with van der Waals surface area (Å²) in [5, 5.41) is 9.91. The van der Waals surface area contributed by atoms with Crippen LogP contribution in [0.4, 0.5) is 0 Å². The zero-order valence-electron chi connectivity index (χ0n) is 12.5. The Labute approximate surface area is 143 Å². The lowest BCUT2D eigenvalue weighted by atomic mass is 10.1. The highest BCUT2D eigenvalue weighted by molar-refractivity contribution is 6.33. The Morgan fingerprint density at radius 1 is 1.04 bits per heavy atom. The van der Waals surface area contributed by atoms with Crippen LogP contribution >= 0.6 is 23.2 Å². The fourth-order valence-electron chi connectivity index (χ4n) is 1.94. The molecule has 4 nitrogen and oxygen atoms in total. The van der Waals surface area contributed by atoms with Crippen molar-refractivity contribution in [3.05, 3.63) is 57.6 Å². The van der Waals surface area contributed by atoms with E-state index in [2.05, 4.69) is 0 Å². The van der Waals surface area contributed by atoms with Gasteiger partial charge in [-0.2, -0.15) is 0 Å². The fraction of sp³-hybridized carbons (Fsp3) is 0.118. The van der Waals surface area contributed by atoms with E-state index < -0.39 is 0 Å². The Bertz CT molecular complexity index is 769. The van der Waals surface area contributed by atoms with Crippen molar-refractivity contribution in [2.45, 2.75) is 0 Å². The molecule has 0 fully saturated rings. The van der Waals surface area contributed by atoms with Gasteiger partial charge in [0.1, 0.15) is 17.2 Å². The number of ketones is 1. The minimum atomic E-state index is -0.282. The van der Waals surface area contributed by atoms with Gasteiger partial charge in [0.05, 0.1) is 29.8 Å². The molecule has 6 heteroatoms. The molecule has 23 heavy (non-hydrogen) atoms. The summed E-state index contributed by atoms with van der Waals surface area (Å²) >= 11 is 11.9. The van der Waals surface area contributed by atoms with Crippen molar-refractivity contribution in [1.29, 1.82) is 0 Å². The van der Waals surface area contributed by atoms with E-state index in [1.165, 1.54) is 32.4 Å². The highest BCUT2D eigenvalue weighted by atomic mass is 35.5. The number of hydrogen-bond acceptors (Lipinski definition) is 4. The quantitative estimate of drug-likeness (QED) is 0.630. The number of aromatic hydroxyl groups is 1. The molecule has 0 aliphatic rings. The van der Waals surface area contributed by atoms with Crippen molar-refractivity contribution in [2.75, 3.05) is 14.2 Å². The van der Waals surface area contributed by atoms with Crippen molar-refractivity contribution < 1.29 is 19.4 Å². The fourth-order valence-corrected chi connectivity index (χ4v) is 2.37. The van der Waals surface area contributed by atoms with E-state index in [1.807, 2.05) is 0 Å². The van der Waals surface area contributed by atoms with Crippen molar-refractivity contribution in [3.63, 3.8) is 0 Å². The molecular weight excluding hydrogens is 339 g/mol. The van der Waals surface area contributed by atoms with Crippen LogP contribution in [0.3, 0.4) is 0 Å². The molecule has 0 bridgehead atoms. The lowest BCUT2D eigenvalue weighted by Gasteiger charge is -2.10. The second-order valence-electron chi connectivity index (χ2n) is 4.60. The van der Waals surface area contributed by atoms with E-state index in [1.54, 1.807) is 24.3 Å². The third-order valence-corrected chi connectivity index (χ3v) is 3.74. The largest absolute Gasteiger partial charge is 0.506 e. The molecule has 2 aromatic rings. The van der Waals surface area contributed by atoms with E-state index in [9.17, 15) is 9.90 Å². The van der Waals surface area contributed by atoms with Gasteiger partial charge in [0.2, 0.25) is 0 Å². The smallest absolute Gasteiger partial charge is 0.189 e. The zero-order valence-corrected chi connectivity index (χ0v) is 14.0. The first kappa shape index (κ1) is 17.2. The molecule has 120 valence electrons. The molecule has 0 radical (unpaired) electrons. The summed E-state index contributed by atoms with van der Waals surface area (Å²) in [6.07, 6.45) is 2.97. The SMILES string of the molecule is COc1cc(OC)c(C(=O)/C=C/c2ccc(O)c(Cl)c2)cc1Cl. The number of halogens is 2. The Morgan fingerprint density at radius 2 is 1.74 bits per heavy atom. The van der Waals surface area contributed by atoms with Crippen molar-refractivity contribution in [1.82, 2.24) is 0 Å². The van der Waals surface area contributed by atoms with Crippen LogP contribution in [0.15, 0.2) is 36.4 Å². The minimum absolute atomic E-state index is 0.0150. The van der Waals surface area contributed by atoms with Gasteiger partial charge in [0.25, 0.3) is 0 Å². The predicted octanol–water partition coefficient (Wildman–Crippen LogP) is 4.61. The summed E-state index contributed by atoms with van der Waals surface area (Å²) in [5.41, 5.74) is 0.999. The first-order valence-electron chi connectivity index (χ1n) is 6.58. The Balaban J connectivity index is 2.31. The standard InChI is InChI=1S/C17H14Cl2O4/c1-22-16-9-17(23-2)13(19)8-11(16)14(20)5-3-10-4-6-15(21)12(18)7-10/h3-9,21H,1-2H3/b5-3+. The van der Waals surface area contributed by atoms with Crippen LogP contribution in [0, 0.1) is 0 Å². The molecule has 0 saturated carbocycles. The number of methoxy groups -OCH3 is 2. The molecule has 0 aliphatic heterocycles. The van der Waals surface area contributed by atoms with Gasteiger partial charge >= 0.3 is 0 Å². The van der Waals surface area contributed by atoms with Gasteiger partial charge in [-0.15, -0.1) is 0 Å². The molecule has 0 aliphatic carbocycles. The molecule has 0 atom stereocenters. The first-order chi connectivity index (χ1) is 11.0. The van der Waals surface area contributed by atoms with Crippen molar-refractivity contribution in [2.24, 2.45) is 0 Å². The summed E-state index contributed by atoms with van der Waals surface area (Å²) in [7, 11) is 2.94. The monoisotopic (exact) mass is 352 g/mol. The van der Waals surface area contributed by atoms with E-state index in [-0.39, 0.29) is 16.6 Å². The molecule has 0 aromatic heterocycles. The van der Waals surface area contributed by atoms with E-state index in [4.69, 9.17) is 32.7 Å². The highest BCUT2D eigenvalue weighted by Crippen LogP contribution is 2.33. The average molecular weight is 353 g/mol. The number of carbonyl (C=O) groups is 1. The second kappa shape index (κ2) is 7.40. The molecular formula is C17H14Cl2O4. The number of carbonyl (C=O) groups excluding carboxylic acids is 1. The van der Waals surface area contributed by atoms with E-state index >= 15 is 0 Å². The predicted molar refractivity (Wildman–Crippen MR) is 91.0 cm³/mol. The van der Waals surface area contributed by atoms with E-state index in [0.717, 1.165) is 0 Å². The van der Waals surface area contributed by atoms with Crippen LogP contribution in [0.2, 0.25) is 10.0 Å². The van der Waals surface area contributed by atoms with Gasteiger partial charge in [-0.05, 0) is 29.8 Å². The maximum atomic E-state index is 12.4. The Morgan fingerprint density at radius 3 is 2.35 bits per heavy atom. The molecule has 0 amide bonds.